The number of hydrogen-bond donors (Lipinski definition) is 2. The van der Waals surface area contributed by atoms with Gasteiger partial charge in [-0.3, -0.25) is 4.79 Å². The number of hydrogen-bond acceptors (Lipinski definition) is 3. The van der Waals surface area contributed by atoms with Crippen molar-refractivity contribution in [3.8, 4) is 0 Å². The van der Waals surface area contributed by atoms with Crippen molar-refractivity contribution >= 4 is 5.91 Å². The molecule has 2 N–H and O–H groups in total. The van der Waals surface area contributed by atoms with E-state index in [-0.39, 0.29) is 5.91 Å². The van der Waals surface area contributed by atoms with Gasteiger partial charge in [-0.05, 0) is 43.8 Å². The molecule has 1 saturated heterocycles. The van der Waals surface area contributed by atoms with Crippen LogP contribution in [0.5, 0.6) is 0 Å². The van der Waals surface area contributed by atoms with E-state index in [9.17, 15) is 4.79 Å². The standard InChI is InChI=1S/C17H26N2O2/c20-17(12-16-8-4-9-18-13-16)19-10-5-11-21-14-15-6-2-1-3-7-15/h1-3,6-7,16,18H,4-5,8-14H2,(H,19,20). The zero-order valence-corrected chi connectivity index (χ0v) is 12.6. The number of rotatable bonds is 8. The number of amides is 1. The Kier molecular flexibility index (Phi) is 7.25. The van der Waals surface area contributed by atoms with Gasteiger partial charge in [0.2, 0.25) is 5.91 Å². The van der Waals surface area contributed by atoms with Crippen LogP contribution >= 0.6 is 0 Å². The molecule has 0 aromatic heterocycles. The lowest BCUT2D eigenvalue weighted by atomic mass is 9.96. The molecule has 4 heteroatoms. The Morgan fingerprint density at radius 2 is 2.19 bits per heavy atom. The van der Waals surface area contributed by atoms with E-state index in [0.29, 0.717) is 32.1 Å². The zero-order valence-electron chi connectivity index (χ0n) is 12.6. The highest BCUT2D eigenvalue weighted by Crippen LogP contribution is 2.13. The Hall–Kier alpha value is -1.39. The van der Waals surface area contributed by atoms with Crippen LogP contribution in [0.4, 0.5) is 0 Å². The first-order valence-electron chi connectivity index (χ1n) is 7.93. The van der Waals surface area contributed by atoms with Gasteiger partial charge in [-0.25, -0.2) is 0 Å². The largest absolute Gasteiger partial charge is 0.377 e. The van der Waals surface area contributed by atoms with Gasteiger partial charge < -0.3 is 15.4 Å². The Labute approximate surface area is 127 Å². The van der Waals surface area contributed by atoms with Crippen LogP contribution in [0.3, 0.4) is 0 Å². The van der Waals surface area contributed by atoms with Crippen LogP contribution in [0, 0.1) is 5.92 Å². The summed E-state index contributed by atoms with van der Waals surface area (Å²) < 4.78 is 5.59. The molecule has 21 heavy (non-hydrogen) atoms. The van der Waals surface area contributed by atoms with E-state index in [1.807, 2.05) is 18.2 Å². The minimum absolute atomic E-state index is 0.173. The number of carbonyl (C=O) groups is 1. The molecule has 0 bridgehead atoms. The number of benzene rings is 1. The summed E-state index contributed by atoms with van der Waals surface area (Å²) in [6.45, 7) is 4.10. The first-order chi connectivity index (χ1) is 10.3. The fourth-order valence-corrected chi connectivity index (χ4v) is 2.60. The summed E-state index contributed by atoms with van der Waals surface area (Å²) in [6.07, 6.45) is 3.87. The Bertz CT molecular complexity index is 403. The van der Waals surface area contributed by atoms with Crippen molar-refractivity contribution < 1.29 is 9.53 Å². The first-order valence-corrected chi connectivity index (χ1v) is 7.93. The minimum Gasteiger partial charge on any atom is -0.377 e. The second-order valence-electron chi connectivity index (χ2n) is 5.66. The number of ether oxygens (including phenoxy) is 1. The molecule has 2 rings (SSSR count). The van der Waals surface area contributed by atoms with E-state index < -0.39 is 0 Å². The van der Waals surface area contributed by atoms with Gasteiger partial charge in [0.1, 0.15) is 0 Å². The first kappa shape index (κ1) is 16.0. The van der Waals surface area contributed by atoms with E-state index in [1.54, 1.807) is 0 Å². The maximum Gasteiger partial charge on any atom is 0.220 e. The second-order valence-corrected chi connectivity index (χ2v) is 5.66. The van der Waals surface area contributed by atoms with Crippen LogP contribution in [0.25, 0.3) is 0 Å². The predicted octanol–water partition coefficient (Wildman–Crippen LogP) is 2.10. The van der Waals surface area contributed by atoms with Gasteiger partial charge in [0.15, 0.2) is 0 Å². The highest BCUT2D eigenvalue weighted by Gasteiger charge is 2.16. The molecule has 4 nitrogen and oxygen atoms in total. The highest BCUT2D eigenvalue weighted by atomic mass is 16.5. The quantitative estimate of drug-likeness (QED) is 0.721. The SMILES string of the molecule is O=C(CC1CCCNC1)NCCCOCc1ccccc1. The van der Waals surface area contributed by atoms with Crippen LogP contribution < -0.4 is 10.6 Å². The third-order valence-electron chi connectivity index (χ3n) is 3.77. The molecular formula is C17H26N2O2. The Morgan fingerprint density at radius 1 is 1.33 bits per heavy atom. The molecule has 1 fully saturated rings. The lowest BCUT2D eigenvalue weighted by Gasteiger charge is -2.22. The maximum absolute atomic E-state index is 11.8. The number of carbonyl (C=O) groups excluding carboxylic acids is 1. The van der Waals surface area contributed by atoms with Crippen molar-refractivity contribution in [2.24, 2.45) is 5.92 Å². The van der Waals surface area contributed by atoms with E-state index in [2.05, 4.69) is 22.8 Å². The predicted molar refractivity (Wildman–Crippen MR) is 83.9 cm³/mol. The lowest BCUT2D eigenvalue weighted by molar-refractivity contribution is -0.122. The Balaban J connectivity index is 1.46. The maximum atomic E-state index is 11.8. The minimum atomic E-state index is 0.173. The molecule has 1 heterocycles. The summed E-state index contributed by atoms with van der Waals surface area (Å²) >= 11 is 0. The van der Waals surface area contributed by atoms with Gasteiger partial charge in [-0.2, -0.15) is 0 Å². The molecule has 0 radical (unpaired) electrons. The smallest absolute Gasteiger partial charge is 0.220 e. The summed E-state index contributed by atoms with van der Waals surface area (Å²) in [7, 11) is 0. The monoisotopic (exact) mass is 290 g/mol. The van der Waals surface area contributed by atoms with Crippen molar-refractivity contribution in [1.82, 2.24) is 10.6 Å². The van der Waals surface area contributed by atoms with E-state index in [0.717, 1.165) is 19.5 Å². The van der Waals surface area contributed by atoms with Crippen molar-refractivity contribution in [3.63, 3.8) is 0 Å². The third-order valence-corrected chi connectivity index (χ3v) is 3.77. The molecule has 0 aliphatic carbocycles. The van der Waals surface area contributed by atoms with E-state index >= 15 is 0 Å². The van der Waals surface area contributed by atoms with Crippen molar-refractivity contribution in [2.75, 3.05) is 26.2 Å². The Morgan fingerprint density at radius 3 is 2.95 bits per heavy atom. The van der Waals surface area contributed by atoms with E-state index in [1.165, 1.54) is 18.4 Å². The van der Waals surface area contributed by atoms with Crippen LogP contribution in [0.15, 0.2) is 30.3 Å². The van der Waals surface area contributed by atoms with Crippen LogP contribution in [-0.4, -0.2) is 32.1 Å². The number of nitrogens with one attached hydrogen (secondary N) is 2. The molecule has 1 unspecified atom stereocenters. The summed E-state index contributed by atoms with van der Waals surface area (Å²) in [4.78, 5) is 11.8. The molecule has 0 spiro atoms. The van der Waals surface area contributed by atoms with Gasteiger partial charge in [0.05, 0.1) is 6.61 Å². The van der Waals surface area contributed by atoms with Gasteiger partial charge in [0.25, 0.3) is 0 Å². The fourth-order valence-electron chi connectivity index (χ4n) is 2.60. The van der Waals surface area contributed by atoms with Crippen molar-refractivity contribution in [3.05, 3.63) is 35.9 Å². The normalized spacial score (nSPS) is 18.4. The molecule has 1 aliphatic heterocycles. The van der Waals surface area contributed by atoms with Gasteiger partial charge >= 0.3 is 0 Å². The van der Waals surface area contributed by atoms with Crippen LogP contribution in [0.1, 0.15) is 31.2 Å². The van der Waals surface area contributed by atoms with E-state index in [4.69, 9.17) is 4.74 Å². The van der Waals surface area contributed by atoms with Gasteiger partial charge in [-0.1, -0.05) is 30.3 Å². The van der Waals surface area contributed by atoms with Crippen molar-refractivity contribution in [1.29, 1.82) is 0 Å². The van der Waals surface area contributed by atoms with Crippen molar-refractivity contribution in [2.45, 2.75) is 32.3 Å². The third kappa shape index (κ3) is 6.74. The molecular weight excluding hydrogens is 264 g/mol. The molecule has 1 atom stereocenters. The highest BCUT2D eigenvalue weighted by molar-refractivity contribution is 5.76. The number of piperidine rings is 1. The second kappa shape index (κ2) is 9.53. The van der Waals surface area contributed by atoms with Crippen LogP contribution in [-0.2, 0) is 16.1 Å². The molecule has 1 amide bonds. The summed E-state index contributed by atoms with van der Waals surface area (Å²) in [5, 5.41) is 6.32. The molecule has 1 aromatic rings. The fraction of sp³-hybridized carbons (Fsp3) is 0.588. The summed E-state index contributed by atoms with van der Waals surface area (Å²) in [5.41, 5.74) is 1.19. The zero-order chi connectivity index (χ0) is 14.8. The lowest BCUT2D eigenvalue weighted by Crippen LogP contribution is -2.34. The summed E-state index contributed by atoms with van der Waals surface area (Å²) in [5.74, 6) is 0.680. The molecule has 116 valence electrons. The average molecular weight is 290 g/mol. The molecule has 1 aromatic carbocycles. The molecule has 0 saturated carbocycles. The van der Waals surface area contributed by atoms with Crippen LogP contribution in [0.2, 0.25) is 0 Å². The summed E-state index contributed by atoms with van der Waals surface area (Å²) in [6, 6.07) is 10.1. The van der Waals surface area contributed by atoms with Gasteiger partial charge in [0, 0.05) is 19.6 Å². The topological polar surface area (TPSA) is 50.4 Å². The average Bonchev–Trinajstić information content (AvgIpc) is 2.53. The van der Waals surface area contributed by atoms with Gasteiger partial charge in [-0.15, -0.1) is 0 Å². The molecule has 1 aliphatic rings.